The van der Waals surface area contributed by atoms with Gasteiger partial charge in [0, 0.05) is 5.56 Å². The highest BCUT2D eigenvalue weighted by Crippen LogP contribution is 2.06. The van der Waals surface area contributed by atoms with Gasteiger partial charge in [0.1, 0.15) is 5.82 Å². The zero-order valence-electron chi connectivity index (χ0n) is 7.70. The Labute approximate surface area is 92.2 Å². The standard InChI is InChI=1S/C10H8FN3S/c1-2-7-3-8(5-9(11)4-7)6-13-14-10(12)15/h1,3-6H,(H3,12,14,15). The molecule has 0 bridgehead atoms. The lowest BCUT2D eigenvalue weighted by Crippen LogP contribution is -2.23. The molecule has 3 N–H and O–H groups in total. The monoisotopic (exact) mass is 221 g/mol. The number of nitrogens with one attached hydrogen (secondary N) is 1. The fourth-order valence-electron chi connectivity index (χ4n) is 0.941. The van der Waals surface area contributed by atoms with E-state index < -0.39 is 5.82 Å². The van der Waals surface area contributed by atoms with Gasteiger partial charge in [-0.3, -0.25) is 5.43 Å². The molecule has 0 amide bonds. The van der Waals surface area contributed by atoms with Gasteiger partial charge < -0.3 is 5.73 Å². The number of halogens is 1. The van der Waals surface area contributed by atoms with Gasteiger partial charge in [0.15, 0.2) is 5.11 Å². The molecule has 0 radical (unpaired) electrons. The Balaban J connectivity index is 2.86. The summed E-state index contributed by atoms with van der Waals surface area (Å²) in [7, 11) is 0. The molecule has 15 heavy (non-hydrogen) atoms. The lowest BCUT2D eigenvalue weighted by Gasteiger charge is -1.97. The second-order valence-electron chi connectivity index (χ2n) is 2.65. The normalized spacial score (nSPS) is 9.87. The molecule has 3 nitrogen and oxygen atoms in total. The maximum Gasteiger partial charge on any atom is 0.184 e. The third-order valence-corrected chi connectivity index (χ3v) is 1.57. The van der Waals surface area contributed by atoms with E-state index in [4.69, 9.17) is 12.2 Å². The highest BCUT2D eigenvalue weighted by molar-refractivity contribution is 7.80. The average Bonchev–Trinajstić information content (AvgIpc) is 2.16. The van der Waals surface area contributed by atoms with Crippen LogP contribution in [0.5, 0.6) is 0 Å². The molecule has 5 heteroatoms. The molecular weight excluding hydrogens is 213 g/mol. The minimum Gasteiger partial charge on any atom is -0.375 e. The Morgan fingerprint density at radius 1 is 1.60 bits per heavy atom. The zero-order chi connectivity index (χ0) is 11.3. The first-order valence-electron chi connectivity index (χ1n) is 3.97. The van der Waals surface area contributed by atoms with E-state index in [1.54, 1.807) is 6.07 Å². The van der Waals surface area contributed by atoms with Gasteiger partial charge in [0.25, 0.3) is 0 Å². The lowest BCUT2D eigenvalue weighted by atomic mass is 10.1. The number of hydrogen-bond donors (Lipinski definition) is 2. The van der Waals surface area contributed by atoms with E-state index >= 15 is 0 Å². The molecule has 0 aliphatic heterocycles. The fourth-order valence-corrected chi connectivity index (χ4v) is 0.993. The molecular formula is C10H8FN3S. The topological polar surface area (TPSA) is 50.4 Å². The summed E-state index contributed by atoms with van der Waals surface area (Å²) in [6.07, 6.45) is 6.52. The van der Waals surface area contributed by atoms with Crippen molar-refractivity contribution >= 4 is 23.5 Å². The van der Waals surface area contributed by atoms with Crippen molar-refractivity contribution in [3.8, 4) is 12.3 Å². The van der Waals surface area contributed by atoms with Crippen LogP contribution in [0.25, 0.3) is 0 Å². The quantitative estimate of drug-likeness (QED) is 0.339. The van der Waals surface area contributed by atoms with Crippen LogP contribution in [0.1, 0.15) is 11.1 Å². The van der Waals surface area contributed by atoms with Crippen LogP contribution in [0.4, 0.5) is 4.39 Å². The maximum absolute atomic E-state index is 13.0. The average molecular weight is 221 g/mol. The highest BCUT2D eigenvalue weighted by atomic mass is 32.1. The van der Waals surface area contributed by atoms with Crippen LogP contribution in [-0.2, 0) is 0 Å². The summed E-state index contributed by atoms with van der Waals surface area (Å²) >= 11 is 4.53. The molecule has 0 aromatic heterocycles. The van der Waals surface area contributed by atoms with E-state index in [9.17, 15) is 4.39 Å². The largest absolute Gasteiger partial charge is 0.375 e. The molecule has 0 aliphatic carbocycles. The molecule has 0 saturated carbocycles. The van der Waals surface area contributed by atoms with Gasteiger partial charge in [-0.1, -0.05) is 5.92 Å². The number of nitrogens with zero attached hydrogens (tertiary/aromatic N) is 1. The summed E-state index contributed by atoms with van der Waals surface area (Å²) in [6, 6.07) is 4.18. The summed E-state index contributed by atoms with van der Waals surface area (Å²) in [5.41, 5.74) is 8.48. The van der Waals surface area contributed by atoms with Crippen molar-refractivity contribution in [2.75, 3.05) is 0 Å². The Hall–Kier alpha value is -1.93. The first-order valence-corrected chi connectivity index (χ1v) is 4.38. The molecule has 0 unspecified atom stereocenters. The SMILES string of the molecule is C#Cc1cc(F)cc(C=NNC(N)=S)c1. The second-order valence-corrected chi connectivity index (χ2v) is 3.09. The van der Waals surface area contributed by atoms with Gasteiger partial charge in [0.05, 0.1) is 6.21 Å². The van der Waals surface area contributed by atoms with Crippen molar-refractivity contribution in [1.29, 1.82) is 0 Å². The number of nitrogens with two attached hydrogens (primary N) is 1. The van der Waals surface area contributed by atoms with Crippen LogP contribution < -0.4 is 11.2 Å². The minimum absolute atomic E-state index is 0.0415. The summed E-state index contributed by atoms with van der Waals surface area (Å²) in [5.74, 6) is 1.92. The molecule has 0 atom stereocenters. The number of terminal acetylenes is 1. The summed E-state index contributed by atoms with van der Waals surface area (Å²) < 4.78 is 13.0. The van der Waals surface area contributed by atoms with Crippen LogP contribution in [0, 0.1) is 18.2 Å². The lowest BCUT2D eigenvalue weighted by molar-refractivity contribution is 0.627. The van der Waals surface area contributed by atoms with Crippen molar-refractivity contribution in [2.24, 2.45) is 10.8 Å². The molecule has 1 aromatic carbocycles. The van der Waals surface area contributed by atoms with Crippen LogP contribution >= 0.6 is 12.2 Å². The predicted molar refractivity (Wildman–Crippen MR) is 61.9 cm³/mol. The molecule has 1 aromatic rings. The molecule has 76 valence electrons. The van der Waals surface area contributed by atoms with E-state index in [2.05, 4.69) is 28.7 Å². The summed E-state index contributed by atoms with van der Waals surface area (Å²) in [6.45, 7) is 0. The van der Waals surface area contributed by atoms with Crippen molar-refractivity contribution in [3.63, 3.8) is 0 Å². The van der Waals surface area contributed by atoms with Crippen molar-refractivity contribution < 1.29 is 4.39 Å². The minimum atomic E-state index is -0.415. The van der Waals surface area contributed by atoms with E-state index in [1.807, 2.05) is 0 Å². The predicted octanol–water partition coefficient (Wildman–Crippen LogP) is 0.974. The van der Waals surface area contributed by atoms with Gasteiger partial charge in [-0.25, -0.2) is 4.39 Å². The fraction of sp³-hybridized carbons (Fsp3) is 0. The van der Waals surface area contributed by atoms with Crippen LogP contribution in [0.2, 0.25) is 0 Å². The van der Waals surface area contributed by atoms with Gasteiger partial charge in [0.2, 0.25) is 0 Å². The Bertz CT molecular complexity index is 448. The van der Waals surface area contributed by atoms with Crippen LogP contribution in [0.15, 0.2) is 23.3 Å². The highest BCUT2D eigenvalue weighted by Gasteiger charge is 1.96. The van der Waals surface area contributed by atoms with Crippen molar-refractivity contribution in [1.82, 2.24) is 5.43 Å². The first kappa shape index (κ1) is 11.1. The molecule has 0 heterocycles. The maximum atomic E-state index is 13.0. The Morgan fingerprint density at radius 2 is 2.33 bits per heavy atom. The molecule has 0 saturated heterocycles. The molecule has 0 fully saturated rings. The molecule has 0 aliphatic rings. The van der Waals surface area contributed by atoms with E-state index in [1.165, 1.54) is 18.3 Å². The number of rotatable bonds is 2. The third kappa shape index (κ3) is 3.75. The summed E-state index contributed by atoms with van der Waals surface area (Å²) in [5, 5.41) is 3.72. The second kappa shape index (κ2) is 5.08. The van der Waals surface area contributed by atoms with Gasteiger partial charge in [-0.2, -0.15) is 5.10 Å². The third-order valence-electron chi connectivity index (χ3n) is 1.48. The molecule has 1 rings (SSSR count). The number of hydrogen-bond acceptors (Lipinski definition) is 2. The van der Waals surface area contributed by atoms with Gasteiger partial charge in [-0.05, 0) is 36.0 Å². The number of benzene rings is 1. The van der Waals surface area contributed by atoms with Crippen LogP contribution in [-0.4, -0.2) is 11.3 Å². The van der Waals surface area contributed by atoms with Gasteiger partial charge in [-0.15, -0.1) is 6.42 Å². The number of hydrazone groups is 1. The smallest absolute Gasteiger partial charge is 0.184 e. The van der Waals surface area contributed by atoms with E-state index in [0.29, 0.717) is 11.1 Å². The zero-order valence-corrected chi connectivity index (χ0v) is 8.51. The van der Waals surface area contributed by atoms with Crippen molar-refractivity contribution in [3.05, 3.63) is 35.1 Å². The first-order chi connectivity index (χ1) is 7.11. The van der Waals surface area contributed by atoms with Crippen LogP contribution in [0.3, 0.4) is 0 Å². The van der Waals surface area contributed by atoms with Gasteiger partial charge >= 0.3 is 0 Å². The molecule has 0 spiro atoms. The Kier molecular flexibility index (Phi) is 3.77. The summed E-state index contributed by atoms with van der Waals surface area (Å²) in [4.78, 5) is 0. The van der Waals surface area contributed by atoms with Crippen molar-refractivity contribution in [2.45, 2.75) is 0 Å². The van der Waals surface area contributed by atoms with E-state index in [-0.39, 0.29) is 5.11 Å². The number of thiocarbonyl (C=S) groups is 1. The van der Waals surface area contributed by atoms with E-state index in [0.717, 1.165) is 0 Å². The Morgan fingerprint density at radius 3 is 2.93 bits per heavy atom.